The third-order valence-electron chi connectivity index (χ3n) is 3.44. The topological polar surface area (TPSA) is 90.9 Å². The predicted octanol–water partition coefficient (Wildman–Crippen LogP) is 3.19. The van der Waals surface area contributed by atoms with Crippen LogP contribution in [0.1, 0.15) is 33.3 Å². The summed E-state index contributed by atoms with van der Waals surface area (Å²) in [6.45, 7) is 6.45. The van der Waals surface area contributed by atoms with Crippen molar-refractivity contribution in [3.8, 4) is 0 Å². The van der Waals surface area contributed by atoms with Gasteiger partial charge in [0.25, 0.3) is 0 Å². The number of rotatable bonds is 8. The van der Waals surface area contributed by atoms with E-state index < -0.39 is 29.7 Å². The van der Waals surface area contributed by atoms with Crippen LogP contribution in [0, 0.1) is 5.92 Å². The summed E-state index contributed by atoms with van der Waals surface area (Å²) in [5, 5.41) is 2.49. The van der Waals surface area contributed by atoms with Gasteiger partial charge in [0.15, 0.2) is 0 Å². The van der Waals surface area contributed by atoms with Gasteiger partial charge in [-0.3, -0.25) is 0 Å². The first kappa shape index (κ1) is 22.2. The number of alkyl halides is 1. The molecule has 144 valence electrons. The standard InChI is InChI=1S/C18H24INO6/c1-12(2)14(15(21)26-18(3,4)16(22)25-11-19)20-17(23)24-10-13-8-6-5-7-9-13/h5-9,12,14H,10-11H2,1-4H3,(H,20,23)/t14-/m0/s1. The van der Waals surface area contributed by atoms with Gasteiger partial charge in [0.05, 0.1) is 0 Å². The molecule has 1 atom stereocenters. The molecule has 0 fully saturated rings. The van der Waals surface area contributed by atoms with Crippen molar-refractivity contribution in [2.75, 3.05) is 4.61 Å². The molecule has 0 aliphatic carbocycles. The second-order valence-electron chi connectivity index (χ2n) is 6.40. The fourth-order valence-corrected chi connectivity index (χ4v) is 2.25. The van der Waals surface area contributed by atoms with Crippen molar-refractivity contribution in [3.05, 3.63) is 35.9 Å². The lowest BCUT2D eigenvalue weighted by atomic mass is 10.0. The van der Waals surface area contributed by atoms with Gasteiger partial charge in [-0.05, 0) is 47.9 Å². The van der Waals surface area contributed by atoms with Crippen LogP contribution in [0.3, 0.4) is 0 Å². The number of carbonyl (C=O) groups excluding carboxylic acids is 3. The molecule has 1 amide bonds. The maximum absolute atomic E-state index is 12.4. The molecular weight excluding hydrogens is 453 g/mol. The lowest BCUT2D eigenvalue weighted by Crippen LogP contribution is -2.49. The minimum Gasteiger partial charge on any atom is -0.452 e. The monoisotopic (exact) mass is 477 g/mol. The van der Waals surface area contributed by atoms with Crippen molar-refractivity contribution in [2.45, 2.75) is 45.9 Å². The van der Waals surface area contributed by atoms with E-state index >= 15 is 0 Å². The SMILES string of the molecule is CC(C)[C@H](NC(=O)OCc1ccccc1)C(=O)OC(C)(C)C(=O)OCI. The summed E-state index contributed by atoms with van der Waals surface area (Å²) in [7, 11) is 0. The van der Waals surface area contributed by atoms with Gasteiger partial charge in [-0.15, -0.1) is 0 Å². The van der Waals surface area contributed by atoms with E-state index in [4.69, 9.17) is 14.2 Å². The van der Waals surface area contributed by atoms with Crippen molar-refractivity contribution in [1.82, 2.24) is 5.32 Å². The molecule has 7 nitrogen and oxygen atoms in total. The second-order valence-corrected chi connectivity index (χ2v) is 7.02. The van der Waals surface area contributed by atoms with Crippen LogP contribution in [0.5, 0.6) is 0 Å². The highest BCUT2D eigenvalue weighted by Crippen LogP contribution is 2.16. The largest absolute Gasteiger partial charge is 0.452 e. The predicted molar refractivity (Wildman–Crippen MR) is 104 cm³/mol. The van der Waals surface area contributed by atoms with Crippen LogP contribution in [0.2, 0.25) is 0 Å². The van der Waals surface area contributed by atoms with Crippen molar-refractivity contribution >= 4 is 40.6 Å². The van der Waals surface area contributed by atoms with Gasteiger partial charge >= 0.3 is 18.0 Å². The van der Waals surface area contributed by atoms with Crippen LogP contribution in [0.15, 0.2) is 30.3 Å². The Kier molecular flexibility index (Phi) is 8.83. The van der Waals surface area contributed by atoms with E-state index in [0.29, 0.717) is 0 Å². The minimum atomic E-state index is -1.45. The fraction of sp³-hybridized carbons (Fsp3) is 0.500. The number of ether oxygens (including phenoxy) is 3. The number of halogens is 1. The molecule has 1 aromatic rings. The van der Waals surface area contributed by atoms with Gasteiger partial charge in [0.2, 0.25) is 5.60 Å². The highest BCUT2D eigenvalue weighted by molar-refractivity contribution is 14.1. The summed E-state index contributed by atoms with van der Waals surface area (Å²) >= 11 is 1.87. The number of amides is 1. The first-order valence-electron chi connectivity index (χ1n) is 8.10. The number of carbonyl (C=O) groups is 3. The Balaban J connectivity index is 2.65. The normalized spacial score (nSPS) is 12.2. The van der Waals surface area contributed by atoms with Crippen LogP contribution < -0.4 is 5.32 Å². The van der Waals surface area contributed by atoms with Gasteiger partial charge in [0.1, 0.15) is 17.3 Å². The van der Waals surface area contributed by atoms with Gasteiger partial charge in [-0.1, -0.05) is 44.2 Å². The average molecular weight is 477 g/mol. The maximum atomic E-state index is 12.4. The Labute approximate surface area is 166 Å². The molecular formula is C18H24INO6. The van der Waals surface area contributed by atoms with Crippen LogP contribution in [-0.2, 0) is 30.4 Å². The summed E-state index contributed by atoms with van der Waals surface area (Å²) in [4.78, 5) is 36.3. The van der Waals surface area contributed by atoms with E-state index in [-0.39, 0.29) is 17.1 Å². The Morgan fingerprint density at radius 3 is 2.27 bits per heavy atom. The molecule has 0 bridgehead atoms. The molecule has 0 aliphatic heterocycles. The first-order valence-corrected chi connectivity index (χ1v) is 9.63. The number of hydrogen-bond acceptors (Lipinski definition) is 6. The van der Waals surface area contributed by atoms with Crippen LogP contribution in [0.25, 0.3) is 0 Å². The Morgan fingerprint density at radius 2 is 1.73 bits per heavy atom. The van der Waals surface area contributed by atoms with E-state index in [1.807, 2.05) is 52.9 Å². The molecule has 0 spiro atoms. The molecule has 1 aromatic carbocycles. The third-order valence-corrected chi connectivity index (χ3v) is 3.75. The molecule has 0 aliphatic rings. The summed E-state index contributed by atoms with van der Waals surface area (Å²) < 4.78 is 15.4. The molecule has 26 heavy (non-hydrogen) atoms. The molecule has 0 saturated heterocycles. The second kappa shape index (κ2) is 10.3. The van der Waals surface area contributed by atoms with Crippen molar-refractivity contribution in [1.29, 1.82) is 0 Å². The Hall–Kier alpha value is -1.84. The van der Waals surface area contributed by atoms with Crippen molar-refractivity contribution in [3.63, 3.8) is 0 Å². The van der Waals surface area contributed by atoms with Gasteiger partial charge in [-0.25, -0.2) is 14.4 Å². The van der Waals surface area contributed by atoms with Gasteiger partial charge in [-0.2, -0.15) is 0 Å². The summed E-state index contributed by atoms with van der Waals surface area (Å²) in [5.41, 5.74) is -0.626. The summed E-state index contributed by atoms with van der Waals surface area (Å²) in [6, 6.07) is 8.22. The zero-order valence-electron chi connectivity index (χ0n) is 15.3. The molecule has 8 heteroatoms. The lowest BCUT2D eigenvalue weighted by Gasteiger charge is -2.27. The van der Waals surface area contributed by atoms with Crippen LogP contribution in [0.4, 0.5) is 4.79 Å². The van der Waals surface area contributed by atoms with Gasteiger partial charge in [0, 0.05) is 0 Å². The minimum absolute atomic E-state index is 0.0833. The van der Waals surface area contributed by atoms with Crippen molar-refractivity contribution in [2.24, 2.45) is 5.92 Å². The van der Waals surface area contributed by atoms with Gasteiger partial charge < -0.3 is 19.5 Å². The summed E-state index contributed by atoms with van der Waals surface area (Å²) in [5.74, 6) is -1.65. The molecule has 0 radical (unpaired) electrons. The Bertz CT molecular complexity index is 617. The third kappa shape index (κ3) is 7.19. The van der Waals surface area contributed by atoms with E-state index in [1.165, 1.54) is 13.8 Å². The van der Waals surface area contributed by atoms with Crippen LogP contribution in [-0.4, -0.2) is 34.3 Å². The highest BCUT2D eigenvalue weighted by atomic mass is 127. The van der Waals surface area contributed by atoms with E-state index in [0.717, 1.165) is 5.56 Å². The number of hydrogen-bond donors (Lipinski definition) is 1. The quantitative estimate of drug-likeness (QED) is 0.268. The van der Waals surface area contributed by atoms with Crippen LogP contribution >= 0.6 is 22.6 Å². The van der Waals surface area contributed by atoms with Crippen molar-refractivity contribution < 1.29 is 28.6 Å². The number of esters is 2. The molecule has 0 aromatic heterocycles. The molecule has 0 unspecified atom stereocenters. The molecule has 1 N–H and O–H groups in total. The first-order chi connectivity index (χ1) is 12.2. The average Bonchev–Trinajstić information content (AvgIpc) is 2.58. The number of alkyl carbamates (subject to hydrolysis) is 1. The molecule has 0 heterocycles. The Morgan fingerprint density at radius 1 is 1.12 bits per heavy atom. The number of benzene rings is 1. The number of nitrogens with one attached hydrogen (secondary N) is 1. The zero-order valence-corrected chi connectivity index (χ0v) is 17.4. The zero-order chi connectivity index (χ0) is 19.7. The van der Waals surface area contributed by atoms with E-state index in [9.17, 15) is 14.4 Å². The van der Waals surface area contributed by atoms with E-state index in [2.05, 4.69) is 5.32 Å². The highest BCUT2D eigenvalue weighted by Gasteiger charge is 2.37. The smallest absolute Gasteiger partial charge is 0.408 e. The van der Waals surface area contributed by atoms with E-state index in [1.54, 1.807) is 13.8 Å². The maximum Gasteiger partial charge on any atom is 0.408 e. The summed E-state index contributed by atoms with van der Waals surface area (Å²) in [6.07, 6.45) is -0.739. The molecule has 0 saturated carbocycles. The fourth-order valence-electron chi connectivity index (χ4n) is 1.97. The lowest BCUT2D eigenvalue weighted by molar-refractivity contribution is -0.178. The molecule has 1 rings (SSSR count).